The summed E-state index contributed by atoms with van der Waals surface area (Å²) >= 11 is 3.39. The average Bonchev–Trinajstić information content (AvgIpc) is 2.83. The number of ether oxygens (including phenoxy) is 2. The van der Waals surface area contributed by atoms with E-state index in [9.17, 15) is 4.79 Å². The van der Waals surface area contributed by atoms with Gasteiger partial charge < -0.3 is 14.0 Å². The second kappa shape index (κ2) is 6.93. The monoisotopic (exact) mass is 384 g/mol. The minimum Gasteiger partial charge on any atom is -0.465 e. The van der Waals surface area contributed by atoms with Crippen molar-refractivity contribution in [1.82, 2.24) is 9.55 Å². The second-order valence-electron chi connectivity index (χ2n) is 6.38. The van der Waals surface area contributed by atoms with E-state index in [1.54, 1.807) is 12.4 Å². The predicted molar refractivity (Wildman–Crippen MR) is 92.9 cm³/mol. The largest absolute Gasteiger partial charge is 0.465 e. The van der Waals surface area contributed by atoms with Crippen molar-refractivity contribution < 1.29 is 14.3 Å². The first kappa shape index (κ1) is 17.2. The smallest absolute Gasteiger partial charge is 0.340 e. The highest BCUT2D eigenvalue weighted by Gasteiger charge is 2.17. The molecule has 0 saturated heterocycles. The molecule has 0 atom stereocenters. The van der Waals surface area contributed by atoms with Crippen LogP contribution in [-0.2, 0) is 16.2 Å². The Morgan fingerprint density at radius 1 is 1.36 bits per heavy atom. The number of methoxy groups -OCH3 is 1. The number of carbonyl (C=O) groups is 1. The number of aromatic nitrogens is 2. The van der Waals surface area contributed by atoms with E-state index in [0.29, 0.717) is 12.3 Å². The van der Waals surface area contributed by atoms with Gasteiger partial charge in [0.25, 0.3) is 0 Å². The summed E-state index contributed by atoms with van der Waals surface area (Å²) in [5.41, 5.74) is 1.96. The van der Waals surface area contributed by atoms with Crippen LogP contribution in [0, 0.1) is 0 Å². The molecule has 0 amide bonds. The molecule has 2 rings (SSSR count). The molecule has 1 aromatic heterocycles. The molecule has 0 radical (unpaired) electrons. The van der Waals surface area contributed by atoms with Crippen molar-refractivity contribution in [3.05, 3.63) is 28.5 Å². The van der Waals surface area contributed by atoms with Gasteiger partial charge in [-0.25, -0.2) is 9.78 Å². The molecule has 0 unspecified atom stereocenters. The Labute approximate surface area is 139 Å². The van der Waals surface area contributed by atoms with Crippen LogP contribution >= 0.6 is 15.9 Å². The van der Waals surface area contributed by atoms with Crippen molar-refractivity contribution in [2.75, 3.05) is 13.7 Å². The van der Waals surface area contributed by atoms with Crippen molar-refractivity contribution in [2.24, 2.45) is 0 Å². The molecular formula is C15H21BrN2O3Si. The van der Waals surface area contributed by atoms with Crippen LogP contribution in [0.5, 0.6) is 0 Å². The van der Waals surface area contributed by atoms with Crippen molar-refractivity contribution in [3.63, 3.8) is 0 Å². The Hall–Kier alpha value is -1.18. The SMILES string of the molecule is COC(=O)c1cc(Br)cc2ncn(COCC[Si](C)(C)C)c12. The lowest BCUT2D eigenvalue weighted by Gasteiger charge is -2.16. The zero-order valence-electron chi connectivity index (χ0n) is 13.4. The van der Waals surface area contributed by atoms with Gasteiger partial charge in [0, 0.05) is 19.2 Å². The number of rotatable bonds is 6. The number of hydrogen-bond acceptors (Lipinski definition) is 4. The van der Waals surface area contributed by atoms with Gasteiger partial charge in [0.05, 0.1) is 30.0 Å². The van der Waals surface area contributed by atoms with E-state index in [2.05, 4.69) is 40.6 Å². The molecule has 1 heterocycles. The van der Waals surface area contributed by atoms with Gasteiger partial charge in [0.2, 0.25) is 0 Å². The standard InChI is InChI=1S/C15H21BrN2O3Si/c1-20-15(19)12-7-11(16)8-13-14(12)18(9-17-13)10-21-5-6-22(2,3)4/h7-9H,5-6,10H2,1-4H3. The van der Waals surface area contributed by atoms with E-state index >= 15 is 0 Å². The van der Waals surface area contributed by atoms with Gasteiger partial charge in [-0.05, 0) is 18.2 Å². The van der Waals surface area contributed by atoms with E-state index in [4.69, 9.17) is 9.47 Å². The van der Waals surface area contributed by atoms with Gasteiger partial charge in [-0.3, -0.25) is 0 Å². The number of halogens is 1. The van der Waals surface area contributed by atoms with E-state index < -0.39 is 8.07 Å². The normalized spacial score (nSPS) is 11.9. The van der Waals surface area contributed by atoms with Crippen LogP contribution in [0.4, 0.5) is 0 Å². The molecule has 0 aliphatic rings. The molecule has 0 saturated carbocycles. The zero-order chi connectivity index (χ0) is 16.3. The van der Waals surface area contributed by atoms with Gasteiger partial charge in [-0.2, -0.15) is 0 Å². The maximum atomic E-state index is 12.0. The summed E-state index contributed by atoms with van der Waals surface area (Å²) in [5.74, 6) is -0.379. The Bertz CT molecular complexity index is 679. The number of imidazole rings is 1. The molecule has 0 aliphatic heterocycles. The first-order chi connectivity index (χ1) is 10.3. The predicted octanol–water partition coefficient (Wildman–Crippen LogP) is 3.90. The lowest BCUT2D eigenvalue weighted by Crippen LogP contribution is -2.22. The summed E-state index contributed by atoms with van der Waals surface area (Å²) in [6.45, 7) is 8.05. The molecule has 0 bridgehead atoms. The van der Waals surface area contributed by atoms with Gasteiger partial charge in [-0.15, -0.1) is 0 Å². The van der Waals surface area contributed by atoms with Crippen molar-refractivity contribution in [1.29, 1.82) is 0 Å². The molecule has 0 aliphatic carbocycles. The fourth-order valence-electron chi connectivity index (χ4n) is 2.08. The molecule has 7 heteroatoms. The molecule has 0 spiro atoms. The number of esters is 1. The van der Waals surface area contributed by atoms with Gasteiger partial charge in [0.15, 0.2) is 0 Å². The number of carbonyl (C=O) groups excluding carboxylic acids is 1. The van der Waals surface area contributed by atoms with E-state index in [-0.39, 0.29) is 5.97 Å². The number of nitrogens with zero attached hydrogens (tertiary/aromatic N) is 2. The zero-order valence-corrected chi connectivity index (χ0v) is 15.9. The second-order valence-corrected chi connectivity index (χ2v) is 12.9. The molecule has 2 aromatic rings. The van der Waals surface area contributed by atoms with Crippen LogP contribution in [0.25, 0.3) is 11.0 Å². The van der Waals surface area contributed by atoms with Crippen LogP contribution < -0.4 is 0 Å². The van der Waals surface area contributed by atoms with Crippen LogP contribution in [0.1, 0.15) is 10.4 Å². The van der Waals surface area contributed by atoms with E-state index in [1.807, 2.05) is 10.6 Å². The first-order valence-corrected chi connectivity index (χ1v) is 11.6. The lowest BCUT2D eigenvalue weighted by molar-refractivity contribution is 0.0600. The molecule has 0 N–H and O–H groups in total. The third-order valence-electron chi connectivity index (χ3n) is 3.31. The summed E-state index contributed by atoms with van der Waals surface area (Å²) in [6, 6.07) is 4.73. The van der Waals surface area contributed by atoms with Crippen molar-refractivity contribution in [3.8, 4) is 0 Å². The molecule has 1 aromatic carbocycles. The highest BCUT2D eigenvalue weighted by atomic mass is 79.9. The third-order valence-corrected chi connectivity index (χ3v) is 5.47. The Kier molecular flexibility index (Phi) is 5.41. The van der Waals surface area contributed by atoms with E-state index in [0.717, 1.165) is 28.2 Å². The summed E-state index contributed by atoms with van der Waals surface area (Å²) in [5, 5.41) is 0. The topological polar surface area (TPSA) is 53.3 Å². The summed E-state index contributed by atoms with van der Waals surface area (Å²) in [4.78, 5) is 16.3. The summed E-state index contributed by atoms with van der Waals surface area (Å²) < 4.78 is 13.3. The quantitative estimate of drug-likeness (QED) is 0.430. The minimum atomic E-state index is -1.11. The van der Waals surface area contributed by atoms with Crippen LogP contribution in [-0.4, -0.2) is 37.3 Å². The van der Waals surface area contributed by atoms with Crippen molar-refractivity contribution in [2.45, 2.75) is 32.4 Å². The fraction of sp³-hybridized carbons (Fsp3) is 0.467. The van der Waals surface area contributed by atoms with Crippen LogP contribution in [0.2, 0.25) is 25.7 Å². The minimum absolute atomic E-state index is 0.379. The third kappa shape index (κ3) is 4.18. The summed E-state index contributed by atoms with van der Waals surface area (Å²) in [7, 11) is 0.270. The van der Waals surface area contributed by atoms with Crippen LogP contribution in [0.3, 0.4) is 0 Å². The van der Waals surface area contributed by atoms with Crippen LogP contribution in [0.15, 0.2) is 22.9 Å². The maximum absolute atomic E-state index is 12.0. The molecule has 120 valence electrons. The Balaban J connectivity index is 2.22. The highest BCUT2D eigenvalue weighted by Crippen LogP contribution is 2.24. The van der Waals surface area contributed by atoms with Gasteiger partial charge in [0.1, 0.15) is 6.73 Å². The lowest BCUT2D eigenvalue weighted by atomic mass is 10.2. The first-order valence-electron chi connectivity index (χ1n) is 7.12. The molecular weight excluding hydrogens is 364 g/mol. The number of hydrogen-bond donors (Lipinski definition) is 0. The van der Waals surface area contributed by atoms with Gasteiger partial charge in [-0.1, -0.05) is 35.6 Å². The summed E-state index contributed by atoms with van der Waals surface area (Å²) in [6.07, 6.45) is 1.69. The number of benzene rings is 1. The Morgan fingerprint density at radius 2 is 2.09 bits per heavy atom. The highest BCUT2D eigenvalue weighted by molar-refractivity contribution is 9.10. The number of fused-ring (bicyclic) bond motifs is 1. The molecule has 5 nitrogen and oxygen atoms in total. The average molecular weight is 385 g/mol. The van der Waals surface area contributed by atoms with Gasteiger partial charge >= 0.3 is 5.97 Å². The maximum Gasteiger partial charge on any atom is 0.340 e. The van der Waals surface area contributed by atoms with E-state index in [1.165, 1.54) is 7.11 Å². The Morgan fingerprint density at radius 3 is 2.73 bits per heavy atom. The fourth-order valence-corrected chi connectivity index (χ4v) is 3.28. The van der Waals surface area contributed by atoms with Crippen molar-refractivity contribution >= 4 is 41.0 Å². The molecule has 0 fully saturated rings. The molecule has 22 heavy (non-hydrogen) atoms.